The molecule has 0 spiro atoms. The largest absolute Gasteiger partial charge is 0.357 e. The van der Waals surface area contributed by atoms with Crippen LogP contribution in [0.25, 0.3) is 0 Å². The third kappa shape index (κ3) is 6.04. The van der Waals surface area contributed by atoms with Crippen molar-refractivity contribution in [3.63, 3.8) is 0 Å². The number of hydrogen-bond donors (Lipinski definition) is 1. The average molecular weight is 291 g/mol. The first-order chi connectivity index (χ1) is 9.83. The zero-order valence-corrected chi connectivity index (χ0v) is 14.9. The first-order valence-corrected chi connectivity index (χ1v) is 8.29. The van der Waals surface area contributed by atoms with Crippen molar-refractivity contribution in [2.45, 2.75) is 73.0 Å². The summed E-state index contributed by atoms with van der Waals surface area (Å²) in [6, 6.07) is 5.46. The molecule has 1 aromatic heterocycles. The van der Waals surface area contributed by atoms with E-state index in [-0.39, 0.29) is 0 Å². The number of pyridine rings is 1. The average Bonchev–Trinajstić information content (AvgIpc) is 2.43. The molecular weight excluding hydrogens is 258 g/mol. The number of hydrogen-bond acceptors (Lipinski definition) is 3. The molecule has 21 heavy (non-hydrogen) atoms. The van der Waals surface area contributed by atoms with Crippen molar-refractivity contribution in [1.82, 2.24) is 10.3 Å². The van der Waals surface area contributed by atoms with Gasteiger partial charge >= 0.3 is 0 Å². The van der Waals surface area contributed by atoms with E-state index < -0.39 is 0 Å². The Labute approximate surface area is 131 Å². The van der Waals surface area contributed by atoms with Crippen LogP contribution in [0.15, 0.2) is 12.1 Å². The summed E-state index contributed by atoms with van der Waals surface area (Å²) in [4.78, 5) is 7.12. The number of aromatic nitrogens is 1. The van der Waals surface area contributed by atoms with Crippen molar-refractivity contribution in [2.75, 3.05) is 11.9 Å². The summed E-state index contributed by atoms with van der Waals surface area (Å²) in [5, 5.41) is 3.49. The SMILES string of the molecule is CCc1cc(CNC(C)C)cc(N(C)C(C)CC(C)C)n1. The Kier molecular flexibility index (Phi) is 7.16. The highest BCUT2D eigenvalue weighted by Crippen LogP contribution is 2.20. The molecule has 0 radical (unpaired) electrons. The molecule has 1 rings (SSSR count). The van der Waals surface area contributed by atoms with Gasteiger partial charge in [0.15, 0.2) is 0 Å². The third-order valence-electron chi connectivity index (χ3n) is 3.84. The molecule has 3 nitrogen and oxygen atoms in total. The Bertz CT molecular complexity index is 426. The van der Waals surface area contributed by atoms with Crippen LogP contribution < -0.4 is 10.2 Å². The molecule has 1 heterocycles. The Morgan fingerprint density at radius 1 is 1.14 bits per heavy atom. The summed E-state index contributed by atoms with van der Waals surface area (Å²) >= 11 is 0. The van der Waals surface area contributed by atoms with E-state index in [0.717, 1.165) is 18.8 Å². The molecule has 1 atom stereocenters. The number of nitrogens with zero attached hydrogens (tertiary/aromatic N) is 2. The van der Waals surface area contributed by atoms with Crippen molar-refractivity contribution in [3.05, 3.63) is 23.4 Å². The fraction of sp³-hybridized carbons (Fsp3) is 0.722. The standard InChI is InChI=1S/C18H33N3/c1-8-17-10-16(12-19-14(4)5)11-18(20-17)21(7)15(6)9-13(2)3/h10-11,13-15,19H,8-9,12H2,1-7H3. The minimum atomic E-state index is 0.504. The molecule has 1 N–H and O–H groups in total. The molecule has 0 aromatic carbocycles. The van der Waals surface area contributed by atoms with Gasteiger partial charge in [-0.25, -0.2) is 4.98 Å². The van der Waals surface area contributed by atoms with Crippen LogP contribution in [0.5, 0.6) is 0 Å². The minimum absolute atomic E-state index is 0.504. The van der Waals surface area contributed by atoms with E-state index in [1.54, 1.807) is 0 Å². The molecule has 0 aliphatic rings. The summed E-state index contributed by atoms with van der Waals surface area (Å²) in [7, 11) is 2.16. The molecule has 1 unspecified atom stereocenters. The van der Waals surface area contributed by atoms with E-state index >= 15 is 0 Å². The van der Waals surface area contributed by atoms with E-state index in [0.29, 0.717) is 18.0 Å². The van der Waals surface area contributed by atoms with Gasteiger partial charge < -0.3 is 10.2 Å². The summed E-state index contributed by atoms with van der Waals surface area (Å²) in [5.74, 6) is 1.81. The molecule has 0 bridgehead atoms. The van der Waals surface area contributed by atoms with E-state index in [2.05, 4.69) is 70.9 Å². The van der Waals surface area contributed by atoms with Gasteiger partial charge in [0.1, 0.15) is 5.82 Å². The molecule has 0 fully saturated rings. The predicted molar refractivity (Wildman–Crippen MR) is 92.9 cm³/mol. The Morgan fingerprint density at radius 2 is 1.81 bits per heavy atom. The van der Waals surface area contributed by atoms with Crippen LogP contribution in [-0.2, 0) is 13.0 Å². The lowest BCUT2D eigenvalue weighted by atomic mass is 10.0. The predicted octanol–water partition coefficient (Wildman–Crippen LogP) is 4.01. The number of nitrogens with one attached hydrogen (secondary N) is 1. The minimum Gasteiger partial charge on any atom is -0.357 e. The molecule has 0 saturated carbocycles. The van der Waals surface area contributed by atoms with E-state index in [4.69, 9.17) is 4.98 Å². The van der Waals surface area contributed by atoms with Gasteiger partial charge in [0, 0.05) is 31.4 Å². The van der Waals surface area contributed by atoms with Crippen LogP contribution in [0.2, 0.25) is 0 Å². The fourth-order valence-electron chi connectivity index (χ4n) is 2.49. The highest BCUT2D eigenvalue weighted by molar-refractivity contribution is 5.43. The van der Waals surface area contributed by atoms with Crippen LogP contribution in [0.3, 0.4) is 0 Å². The van der Waals surface area contributed by atoms with Crippen LogP contribution >= 0.6 is 0 Å². The maximum Gasteiger partial charge on any atom is 0.129 e. The zero-order valence-electron chi connectivity index (χ0n) is 14.9. The maximum absolute atomic E-state index is 4.81. The molecule has 0 aliphatic carbocycles. The van der Waals surface area contributed by atoms with Crippen molar-refractivity contribution in [1.29, 1.82) is 0 Å². The molecule has 3 heteroatoms. The smallest absolute Gasteiger partial charge is 0.129 e. The number of anilines is 1. The lowest BCUT2D eigenvalue weighted by molar-refractivity contribution is 0.501. The highest BCUT2D eigenvalue weighted by atomic mass is 15.2. The number of rotatable bonds is 8. The molecule has 120 valence electrons. The molecule has 0 amide bonds. The molecule has 1 aromatic rings. The van der Waals surface area contributed by atoms with Crippen molar-refractivity contribution in [2.24, 2.45) is 5.92 Å². The Morgan fingerprint density at radius 3 is 2.33 bits per heavy atom. The Balaban J connectivity index is 2.91. The summed E-state index contributed by atoms with van der Waals surface area (Å²) in [6.45, 7) is 14.3. The lowest BCUT2D eigenvalue weighted by Crippen LogP contribution is -2.31. The monoisotopic (exact) mass is 291 g/mol. The maximum atomic E-state index is 4.81. The van der Waals surface area contributed by atoms with Crippen LogP contribution in [-0.4, -0.2) is 24.1 Å². The second kappa shape index (κ2) is 8.38. The normalized spacial score (nSPS) is 13.0. The first-order valence-electron chi connectivity index (χ1n) is 8.29. The van der Waals surface area contributed by atoms with Crippen molar-refractivity contribution in [3.8, 4) is 0 Å². The van der Waals surface area contributed by atoms with E-state index in [9.17, 15) is 0 Å². The fourth-order valence-corrected chi connectivity index (χ4v) is 2.49. The van der Waals surface area contributed by atoms with Gasteiger partial charge in [0.05, 0.1) is 0 Å². The zero-order chi connectivity index (χ0) is 16.0. The van der Waals surface area contributed by atoms with Gasteiger partial charge in [-0.05, 0) is 43.4 Å². The highest BCUT2D eigenvalue weighted by Gasteiger charge is 2.14. The van der Waals surface area contributed by atoms with Gasteiger partial charge in [0.2, 0.25) is 0 Å². The molecule has 0 saturated heterocycles. The summed E-state index contributed by atoms with van der Waals surface area (Å²) in [6.07, 6.45) is 2.17. The molecule has 0 aliphatic heterocycles. The van der Waals surface area contributed by atoms with E-state index in [1.807, 2.05) is 0 Å². The van der Waals surface area contributed by atoms with Gasteiger partial charge in [-0.3, -0.25) is 0 Å². The lowest BCUT2D eigenvalue weighted by Gasteiger charge is -2.28. The van der Waals surface area contributed by atoms with Gasteiger partial charge in [-0.15, -0.1) is 0 Å². The third-order valence-corrected chi connectivity index (χ3v) is 3.84. The quantitative estimate of drug-likeness (QED) is 0.784. The van der Waals surface area contributed by atoms with Crippen LogP contribution in [0.4, 0.5) is 5.82 Å². The van der Waals surface area contributed by atoms with Crippen molar-refractivity contribution < 1.29 is 0 Å². The van der Waals surface area contributed by atoms with Gasteiger partial charge in [0.25, 0.3) is 0 Å². The van der Waals surface area contributed by atoms with Crippen molar-refractivity contribution >= 4 is 5.82 Å². The number of aryl methyl sites for hydroxylation is 1. The van der Waals surface area contributed by atoms with E-state index in [1.165, 1.54) is 17.7 Å². The second-order valence-electron chi connectivity index (χ2n) is 6.80. The first kappa shape index (κ1) is 18.0. The second-order valence-corrected chi connectivity index (χ2v) is 6.80. The van der Waals surface area contributed by atoms with Gasteiger partial charge in [-0.1, -0.05) is 34.6 Å². The summed E-state index contributed by atoms with van der Waals surface area (Å²) < 4.78 is 0. The topological polar surface area (TPSA) is 28.2 Å². The van der Waals surface area contributed by atoms with Crippen LogP contribution in [0.1, 0.15) is 59.2 Å². The summed E-state index contributed by atoms with van der Waals surface area (Å²) in [5.41, 5.74) is 2.51. The molecular formula is C18H33N3. The van der Waals surface area contributed by atoms with Gasteiger partial charge in [-0.2, -0.15) is 0 Å². The van der Waals surface area contributed by atoms with Crippen LogP contribution in [0, 0.1) is 5.92 Å². The Hall–Kier alpha value is -1.09.